The maximum absolute atomic E-state index is 13.9. The summed E-state index contributed by atoms with van der Waals surface area (Å²) in [5.74, 6) is -12.1. The Morgan fingerprint density at radius 1 is 0.920 bits per heavy atom. The summed E-state index contributed by atoms with van der Waals surface area (Å²) in [5, 5.41) is 12.3. The van der Waals surface area contributed by atoms with E-state index < -0.39 is 46.4 Å². The van der Waals surface area contributed by atoms with Gasteiger partial charge in [0.2, 0.25) is 0 Å². The summed E-state index contributed by atoms with van der Waals surface area (Å²) >= 11 is 9.31. The molecule has 0 saturated carbocycles. The number of hydrogen-bond acceptors (Lipinski definition) is 3. The Balaban J connectivity index is 2.55. The number of benzene rings is 2. The molecule has 0 atom stereocenters. The highest BCUT2D eigenvalue weighted by molar-refractivity contribution is 9.13. The number of anilines is 1. The monoisotopic (exact) mass is 546 g/mol. The average molecular weight is 549 g/mol. The van der Waals surface area contributed by atoms with E-state index in [1.165, 1.54) is 6.07 Å². The first-order valence-electron chi connectivity index (χ1n) is 6.09. The Labute approximate surface area is 162 Å². The van der Waals surface area contributed by atoms with Crippen molar-refractivity contribution >= 4 is 65.4 Å². The molecular formula is C14H3Br3F4NO3-. The van der Waals surface area contributed by atoms with Gasteiger partial charge in [0.05, 0.1) is 17.1 Å². The largest absolute Gasteiger partial charge is 0.545 e. The Morgan fingerprint density at radius 3 is 1.92 bits per heavy atom. The van der Waals surface area contributed by atoms with Gasteiger partial charge in [0.1, 0.15) is 5.69 Å². The molecular weight excluding hydrogens is 546 g/mol. The van der Waals surface area contributed by atoms with Crippen LogP contribution in [-0.2, 0) is 0 Å². The molecule has 0 saturated heterocycles. The summed E-state index contributed by atoms with van der Waals surface area (Å²) < 4.78 is 56.1. The van der Waals surface area contributed by atoms with Gasteiger partial charge in [-0.15, -0.1) is 0 Å². The number of amides is 1. The fraction of sp³-hybridized carbons (Fsp3) is 0. The third-order valence-corrected chi connectivity index (χ3v) is 5.41. The molecule has 0 aliphatic rings. The van der Waals surface area contributed by atoms with Crippen molar-refractivity contribution in [3.8, 4) is 0 Å². The first kappa shape index (κ1) is 19.9. The van der Waals surface area contributed by atoms with Crippen molar-refractivity contribution in [3.05, 3.63) is 59.9 Å². The molecule has 132 valence electrons. The van der Waals surface area contributed by atoms with Crippen LogP contribution in [0.4, 0.5) is 23.2 Å². The number of carbonyl (C=O) groups excluding carboxylic acids is 2. The van der Waals surface area contributed by atoms with Gasteiger partial charge < -0.3 is 15.2 Å². The number of carbonyl (C=O) groups is 2. The third kappa shape index (κ3) is 3.72. The quantitative estimate of drug-likeness (QED) is 0.463. The lowest BCUT2D eigenvalue weighted by Crippen LogP contribution is -2.27. The van der Waals surface area contributed by atoms with Crippen molar-refractivity contribution in [3.63, 3.8) is 0 Å². The minimum atomic E-state index is -2.44. The van der Waals surface area contributed by atoms with E-state index in [9.17, 15) is 32.3 Å². The third-order valence-electron chi connectivity index (χ3n) is 2.94. The molecule has 4 nitrogen and oxygen atoms in total. The van der Waals surface area contributed by atoms with E-state index in [1.807, 2.05) is 0 Å². The molecule has 0 heterocycles. The minimum absolute atomic E-state index is 0.121. The number of hydrogen-bond donors (Lipinski definition) is 1. The average Bonchev–Trinajstić information content (AvgIpc) is 2.52. The van der Waals surface area contributed by atoms with Gasteiger partial charge in [-0.25, -0.2) is 17.6 Å². The highest BCUT2D eigenvalue weighted by Crippen LogP contribution is 2.33. The number of aromatic carboxylic acids is 1. The zero-order valence-corrected chi connectivity index (χ0v) is 16.3. The molecule has 0 spiro atoms. The Bertz CT molecular complexity index is 892. The van der Waals surface area contributed by atoms with E-state index in [2.05, 4.69) is 47.8 Å². The van der Waals surface area contributed by atoms with Crippen LogP contribution < -0.4 is 10.4 Å². The second kappa shape index (κ2) is 7.42. The molecule has 0 aliphatic carbocycles. The van der Waals surface area contributed by atoms with Crippen LogP contribution in [0.15, 0.2) is 25.6 Å². The van der Waals surface area contributed by atoms with Crippen LogP contribution >= 0.6 is 47.8 Å². The van der Waals surface area contributed by atoms with Crippen molar-refractivity contribution in [2.75, 3.05) is 5.32 Å². The predicted octanol–water partition coefficient (Wildman–Crippen LogP) is 4.15. The molecule has 2 aromatic carbocycles. The van der Waals surface area contributed by atoms with E-state index in [0.29, 0.717) is 8.95 Å². The number of rotatable bonds is 3. The van der Waals surface area contributed by atoms with E-state index in [1.54, 1.807) is 11.4 Å². The van der Waals surface area contributed by atoms with Gasteiger partial charge in [-0.3, -0.25) is 4.79 Å². The van der Waals surface area contributed by atoms with Gasteiger partial charge in [-0.05, 0) is 44.0 Å². The maximum atomic E-state index is 13.9. The molecule has 0 unspecified atom stereocenters. The van der Waals surface area contributed by atoms with Gasteiger partial charge in [-0.1, -0.05) is 15.9 Å². The molecule has 11 heteroatoms. The minimum Gasteiger partial charge on any atom is -0.545 e. The summed E-state index contributed by atoms with van der Waals surface area (Å²) in [6.07, 6.45) is 0. The fourth-order valence-electron chi connectivity index (χ4n) is 1.82. The zero-order valence-electron chi connectivity index (χ0n) is 11.5. The highest BCUT2D eigenvalue weighted by Gasteiger charge is 2.28. The van der Waals surface area contributed by atoms with Crippen LogP contribution in [0.2, 0.25) is 0 Å². The van der Waals surface area contributed by atoms with E-state index in [4.69, 9.17) is 0 Å². The Morgan fingerprint density at radius 2 is 1.44 bits per heavy atom. The first-order chi connectivity index (χ1) is 11.6. The van der Waals surface area contributed by atoms with Crippen LogP contribution in [0.25, 0.3) is 0 Å². The zero-order chi connectivity index (χ0) is 19.0. The molecule has 25 heavy (non-hydrogen) atoms. The molecule has 2 aromatic rings. The van der Waals surface area contributed by atoms with Crippen molar-refractivity contribution in [1.82, 2.24) is 0 Å². The van der Waals surface area contributed by atoms with Gasteiger partial charge in [0, 0.05) is 13.4 Å². The van der Waals surface area contributed by atoms with E-state index in [-0.39, 0.29) is 10.0 Å². The molecule has 0 aromatic heterocycles. The van der Waals surface area contributed by atoms with Crippen molar-refractivity contribution < 1.29 is 32.3 Å². The topological polar surface area (TPSA) is 69.2 Å². The lowest BCUT2D eigenvalue weighted by atomic mass is 10.1. The van der Waals surface area contributed by atoms with Crippen LogP contribution in [0.3, 0.4) is 0 Å². The standard InChI is InChI=1S/C14H4Br3F4NO3/c15-3-1-4(7(17)5(16)2-3)13(23)22-12-10(20)8(18)6(14(24)25)9(19)11(12)21/h1-2H,(H,22,23)(H,24,25)/p-1. The summed E-state index contributed by atoms with van der Waals surface area (Å²) in [5.41, 5.74) is -3.49. The summed E-state index contributed by atoms with van der Waals surface area (Å²) in [7, 11) is 0. The molecule has 0 aliphatic heterocycles. The number of nitrogens with one attached hydrogen (secondary N) is 1. The number of halogens is 7. The summed E-state index contributed by atoms with van der Waals surface area (Å²) in [6, 6.07) is 2.85. The molecule has 1 N–H and O–H groups in total. The van der Waals surface area contributed by atoms with Gasteiger partial charge in [-0.2, -0.15) is 0 Å². The first-order valence-corrected chi connectivity index (χ1v) is 8.47. The predicted molar refractivity (Wildman–Crippen MR) is 88.1 cm³/mol. The molecule has 2 rings (SSSR count). The molecule has 0 radical (unpaired) electrons. The smallest absolute Gasteiger partial charge is 0.257 e. The molecule has 0 bridgehead atoms. The summed E-state index contributed by atoms with van der Waals surface area (Å²) in [4.78, 5) is 22.8. The second-order valence-corrected chi connectivity index (χ2v) is 7.06. The maximum Gasteiger partial charge on any atom is 0.257 e. The van der Waals surface area contributed by atoms with E-state index >= 15 is 0 Å². The Kier molecular flexibility index (Phi) is 5.89. The fourth-order valence-corrected chi connectivity index (χ4v) is 3.46. The van der Waals surface area contributed by atoms with Gasteiger partial charge in [0.25, 0.3) is 5.91 Å². The lowest BCUT2D eigenvalue weighted by Gasteiger charge is -2.14. The number of carboxylic acid groups (broad SMARTS) is 1. The van der Waals surface area contributed by atoms with Crippen molar-refractivity contribution in [2.45, 2.75) is 0 Å². The Hall–Kier alpha value is -1.46. The lowest BCUT2D eigenvalue weighted by molar-refractivity contribution is -0.255. The molecule has 1 amide bonds. The van der Waals surface area contributed by atoms with Crippen molar-refractivity contribution in [2.24, 2.45) is 0 Å². The number of carboxylic acids is 1. The van der Waals surface area contributed by atoms with Crippen LogP contribution in [0.5, 0.6) is 0 Å². The molecule has 0 fully saturated rings. The van der Waals surface area contributed by atoms with Gasteiger partial charge in [0.15, 0.2) is 23.3 Å². The van der Waals surface area contributed by atoms with E-state index in [0.717, 1.165) is 0 Å². The van der Waals surface area contributed by atoms with Gasteiger partial charge >= 0.3 is 0 Å². The van der Waals surface area contributed by atoms with Crippen LogP contribution in [0, 0.1) is 23.3 Å². The second-order valence-electron chi connectivity index (χ2n) is 4.50. The normalized spacial score (nSPS) is 10.7. The SMILES string of the molecule is O=C(Nc1c(F)c(F)c(C(=O)[O-])c(F)c1F)c1cc(Br)cc(Br)c1Br. The van der Waals surface area contributed by atoms with Crippen molar-refractivity contribution in [1.29, 1.82) is 0 Å². The highest BCUT2D eigenvalue weighted by atomic mass is 79.9. The van der Waals surface area contributed by atoms with Crippen LogP contribution in [-0.4, -0.2) is 11.9 Å². The summed E-state index contributed by atoms with van der Waals surface area (Å²) in [6.45, 7) is 0. The van der Waals surface area contributed by atoms with Crippen LogP contribution in [0.1, 0.15) is 20.7 Å².